The van der Waals surface area contributed by atoms with Crippen LogP contribution < -0.4 is 0 Å². The van der Waals surface area contributed by atoms with Crippen molar-refractivity contribution >= 4 is 20.1 Å². The smallest absolute Gasteiger partial charge is 0.311 e. The monoisotopic (exact) mass is 664 g/mol. The highest BCUT2D eigenvalue weighted by molar-refractivity contribution is 6.77. The van der Waals surface area contributed by atoms with Crippen molar-refractivity contribution in [3.05, 3.63) is 48.0 Å². The molecule has 8 nitrogen and oxygen atoms in total. The summed E-state index contributed by atoms with van der Waals surface area (Å²) in [6.07, 6.45) is 2.44. The lowest BCUT2D eigenvalue weighted by Gasteiger charge is -2.46. The Hall–Kier alpha value is -1.88. The summed E-state index contributed by atoms with van der Waals surface area (Å²) >= 11 is 0. The first-order valence-corrected chi connectivity index (χ1v) is 19.1. The molecule has 0 aliphatic heterocycles. The number of rotatable bonds is 22. The highest BCUT2D eigenvalue weighted by atomic mass is 28.4. The van der Waals surface area contributed by atoms with Gasteiger partial charge in [-0.2, -0.15) is 0 Å². The molecule has 0 heterocycles. The van der Waals surface area contributed by atoms with Crippen molar-refractivity contribution in [2.75, 3.05) is 20.5 Å². The van der Waals surface area contributed by atoms with E-state index in [4.69, 9.17) is 23.4 Å². The number of esters is 1. The molecule has 0 aromatic heterocycles. The predicted molar refractivity (Wildman–Crippen MR) is 187 cm³/mol. The van der Waals surface area contributed by atoms with Crippen molar-refractivity contribution < 1.29 is 38.1 Å². The molecular weight excluding hydrogens is 600 g/mol. The summed E-state index contributed by atoms with van der Waals surface area (Å²) in [6.45, 7) is 23.7. The van der Waals surface area contributed by atoms with Gasteiger partial charge in [0.05, 0.1) is 30.8 Å². The van der Waals surface area contributed by atoms with Gasteiger partial charge in [-0.3, -0.25) is 9.59 Å². The quantitative estimate of drug-likeness (QED) is 0.0437. The number of ketones is 1. The van der Waals surface area contributed by atoms with E-state index in [0.29, 0.717) is 36.3 Å². The Labute approximate surface area is 280 Å². The van der Waals surface area contributed by atoms with Crippen molar-refractivity contribution in [1.82, 2.24) is 0 Å². The zero-order valence-corrected chi connectivity index (χ0v) is 31.7. The highest BCUT2D eigenvalue weighted by Gasteiger charge is 2.49. The topological polar surface area (TPSA) is 101 Å². The van der Waals surface area contributed by atoms with Crippen LogP contribution in [0.1, 0.15) is 101 Å². The number of allylic oxidation sites excluding steroid dienone is 1. The maximum Gasteiger partial charge on any atom is 0.311 e. The predicted octanol–water partition coefficient (Wildman–Crippen LogP) is 8.02. The van der Waals surface area contributed by atoms with Gasteiger partial charge in [0.1, 0.15) is 12.4 Å². The molecule has 1 N–H and O–H groups in total. The van der Waals surface area contributed by atoms with Gasteiger partial charge in [-0.1, -0.05) is 84.9 Å². The van der Waals surface area contributed by atoms with E-state index in [1.54, 1.807) is 7.11 Å². The number of carbonyl (C=O) groups is 2. The van der Waals surface area contributed by atoms with Crippen LogP contribution in [0.5, 0.6) is 0 Å². The SMILES string of the molecule is COCO[C@@H](CCOCc1ccccc1)C[C@H](O)CC(=O)/C=C/[C@@H](C)[C@H](O[Si](C(C)C)(C(C)C)C(C)C)[C@H](C)C(=O)OC(C)(C)C. The molecule has 46 heavy (non-hydrogen) atoms. The van der Waals surface area contributed by atoms with Gasteiger partial charge in [0.15, 0.2) is 5.78 Å². The van der Waals surface area contributed by atoms with Gasteiger partial charge < -0.3 is 28.5 Å². The minimum atomic E-state index is -2.37. The van der Waals surface area contributed by atoms with Crippen LogP contribution >= 0.6 is 0 Å². The molecule has 0 saturated carbocycles. The molecule has 264 valence electrons. The van der Waals surface area contributed by atoms with Crippen molar-refractivity contribution in [2.45, 2.75) is 143 Å². The third kappa shape index (κ3) is 14.5. The number of benzene rings is 1. The van der Waals surface area contributed by atoms with E-state index < -0.39 is 32.0 Å². The molecule has 0 saturated heterocycles. The fraction of sp³-hybridized carbons (Fsp3) is 0.730. The maximum atomic E-state index is 13.3. The maximum absolute atomic E-state index is 13.3. The summed E-state index contributed by atoms with van der Waals surface area (Å²) < 4.78 is 29.6. The standard InChI is InChI=1S/C37H64O8Si/c1-26(2)46(27(3)4,28(5)6)45-35(30(8)36(40)44-37(9,10)11)29(7)18-19-32(38)22-33(39)23-34(43-25-41-12)20-21-42-24-31-16-14-13-15-17-31/h13-19,26-30,33-35,39H,20-25H2,1-12H3/b19-18+/t29-,30+,33-,34+,35+/m1/s1. The number of aliphatic hydroxyl groups excluding tert-OH is 1. The largest absolute Gasteiger partial charge is 0.460 e. The Bertz CT molecular complexity index is 1010. The van der Waals surface area contributed by atoms with Gasteiger partial charge in [0.25, 0.3) is 0 Å². The number of carbonyl (C=O) groups excluding carboxylic acids is 2. The summed E-state index contributed by atoms with van der Waals surface area (Å²) in [7, 11) is -0.820. The Kier molecular flexibility index (Phi) is 18.8. The van der Waals surface area contributed by atoms with Crippen molar-refractivity contribution in [3.63, 3.8) is 0 Å². The van der Waals surface area contributed by atoms with E-state index in [-0.39, 0.29) is 43.4 Å². The van der Waals surface area contributed by atoms with Crippen LogP contribution in [-0.2, 0) is 39.6 Å². The molecule has 1 aromatic rings. The van der Waals surface area contributed by atoms with Crippen molar-refractivity contribution in [1.29, 1.82) is 0 Å². The number of hydrogen-bond donors (Lipinski definition) is 1. The Balaban J connectivity index is 2.99. The zero-order chi connectivity index (χ0) is 35.1. The molecule has 0 bridgehead atoms. The summed E-state index contributed by atoms with van der Waals surface area (Å²) in [6, 6.07) is 9.92. The highest BCUT2D eigenvalue weighted by Crippen LogP contribution is 2.44. The normalized spacial score (nSPS) is 16.2. The third-order valence-electron chi connectivity index (χ3n) is 8.51. The van der Waals surface area contributed by atoms with E-state index in [1.807, 2.05) is 71.0 Å². The fourth-order valence-electron chi connectivity index (χ4n) is 6.31. The molecule has 1 aromatic carbocycles. The molecular formula is C37H64O8Si. The Morgan fingerprint density at radius 3 is 2.04 bits per heavy atom. The first-order valence-electron chi connectivity index (χ1n) is 17.0. The van der Waals surface area contributed by atoms with E-state index in [9.17, 15) is 14.7 Å². The number of hydrogen-bond acceptors (Lipinski definition) is 8. The fourth-order valence-corrected chi connectivity index (χ4v) is 12.0. The van der Waals surface area contributed by atoms with Crippen LogP contribution in [0.25, 0.3) is 0 Å². The molecule has 1 rings (SSSR count). The lowest BCUT2D eigenvalue weighted by molar-refractivity contribution is -0.163. The minimum absolute atomic E-state index is 0.0449. The van der Waals surface area contributed by atoms with Gasteiger partial charge in [-0.25, -0.2) is 0 Å². The average molecular weight is 665 g/mol. The summed E-state index contributed by atoms with van der Waals surface area (Å²) in [5, 5.41) is 10.8. The van der Waals surface area contributed by atoms with Gasteiger partial charge in [-0.05, 0) is 62.4 Å². The van der Waals surface area contributed by atoms with Crippen LogP contribution in [0.15, 0.2) is 42.5 Å². The molecule has 0 spiro atoms. The van der Waals surface area contributed by atoms with Crippen LogP contribution in [0.3, 0.4) is 0 Å². The minimum Gasteiger partial charge on any atom is -0.460 e. The van der Waals surface area contributed by atoms with Crippen LogP contribution in [0.2, 0.25) is 16.6 Å². The van der Waals surface area contributed by atoms with Gasteiger partial charge in [0, 0.05) is 32.5 Å². The average Bonchev–Trinajstić information content (AvgIpc) is 2.96. The zero-order valence-electron chi connectivity index (χ0n) is 30.7. The third-order valence-corrected chi connectivity index (χ3v) is 14.6. The lowest BCUT2D eigenvalue weighted by atomic mass is 9.92. The molecule has 0 aliphatic rings. The van der Waals surface area contributed by atoms with Gasteiger partial charge in [0.2, 0.25) is 8.32 Å². The molecule has 0 radical (unpaired) electrons. The van der Waals surface area contributed by atoms with E-state index in [1.165, 1.54) is 6.08 Å². The second kappa shape index (κ2) is 20.5. The molecule has 9 heteroatoms. The molecule has 5 atom stereocenters. The molecule has 0 aliphatic carbocycles. The second-order valence-corrected chi connectivity index (χ2v) is 19.9. The number of methoxy groups -OCH3 is 1. The summed E-state index contributed by atoms with van der Waals surface area (Å²) in [5.74, 6) is -1.29. The molecule has 0 unspecified atom stereocenters. The number of aliphatic hydroxyl groups is 1. The van der Waals surface area contributed by atoms with E-state index in [0.717, 1.165) is 5.56 Å². The Morgan fingerprint density at radius 1 is 0.935 bits per heavy atom. The van der Waals surface area contributed by atoms with Crippen molar-refractivity contribution in [3.8, 4) is 0 Å². The summed E-state index contributed by atoms with van der Waals surface area (Å²) in [5.41, 5.74) is 1.44. The van der Waals surface area contributed by atoms with Crippen LogP contribution in [0, 0.1) is 11.8 Å². The van der Waals surface area contributed by atoms with Gasteiger partial charge >= 0.3 is 5.97 Å². The van der Waals surface area contributed by atoms with Crippen LogP contribution in [0.4, 0.5) is 0 Å². The van der Waals surface area contributed by atoms with E-state index >= 15 is 0 Å². The van der Waals surface area contributed by atoms with Gasteiger partial charge in [-0.15, -0.1) is 0 Å². The molecule has 0 fully saturated rings. The van der Waals surface area contributed by atoms with Crippen molar-refractivity contribution in [2.24, 2.45) is 11.8 Å². The lowest BCUT2D eigenvalue weighted by Crippen LogP contribution is -2.53. The van der Waals surface area contributed by atoms with E-state index in [2.05, 4.69) is 41.5 Å². The first-order chi connectivity index (χ1) is 21.4. The second-order valence-electron chi connectivity index (χ2n) is 14.5. The Morgan fingerprint density at radius 2 is 1.52 bits per heavy atom. The summed E-state index contributed by atoms with van der Waals surface area (Å²) in [4.78, 5) is 26.3. The first kappa shape index (κ1) is 42.1. The number of ether oxygens (including phenoxy) is 4. The molecule has 0 amide bonds. The van der Waals surface area contributed by atoms with Crippen LogP contribution in [-0.4, -0.2) is 69.6 Å².